The molecule has 8 aromatic rings. The van der Waals surface area contributed by atoms with Gasteiger partial charge in [-0.2, -0.15) is 0 Å². The van der Waals surface area contributed by atoms with Gasteiger partial charge in [-0.1, -0.05) is 103 Å². The van der Waals surface area contributed by atoms with Crippen LogP contribution in [0.4, 0.5) is 11.6 Å². The zero-order valence-electron chi connectivity index (χ0n) is 27.5. The number of rotatable bonds is 4. The molecule has 0 fully saturated rings. The summed E-state index contributed by atoms with van der Waals surface area (Å²) in [6, 6.07) is 45.8. The zero-order chi connectivity index (χ0) is 33.5. The fraction of sp³-hybridized carbons (Fsp3) is 0.0667. The van der Waals surface area contributed by atoms with Gasteiger partial charge in [0.05, 0.1) is 17.1 Å². The van der Waals surface area contributed by atoms with E-state index in [0.717, 1.165) is 17.0 Å². The fourth-order valence-corrected chi connectivity index (χ4v) is 8.83. The van der Waals surface area contributed by atoms with E-state index < -0.39 is 0 Å². The molecule has 0 N–H and O–H groups in total. The van der Waals surface area contributed by atoms with Crippen molar-refractivity contribution in [3.05, 3.63) is 192 Å². The van der Waals surface area contributed by atoms with Crippen molar-refractivity contribution in [2.45, 2.75) is 17.9 Å². The van der Waals surface area contributed by atoms with Gasteiger partial charge in [0.25, 0.3) is 0 Å². The lowest BCUT2D eigenvalue weighted by atomic mass is 9.79. The first-order chi connectivity index (χ1) is 25.3. The van der Waals surface area contributed by atoms with Crippen LogP contribution < -0.4 is 4.90 Å². The summed E-state index contributed by atoms with van der Waals surface area (Å²) in [6.07, 6.45) is 12.3. The average molecular weight is 655 g/mol. The Hall–Kier alpha value is -6.66. The highest BCUT2D eigenvalue weighted by atomic mass is 15.3. The maximum absolute atomic E-state index is 4.73. The molecule has 5 aromatic carbocycles. The Kier molecular flexibility index (Phi) is 6.04. The van der Waals surface area contributed by atoms with Crippen molar-refractivity contribution in [3.8, 4) is 17.1 Å². The van der Waals surface area contributed by atoms with Gasteiger partial charge in [0.15, 0.2) is 0 Å². The minimum Gasteiger partial charge on any atom is -0.302 e. The topological polar surface area (TPSA) is 59.7 Å². The third-order valence-electron chi connectivity index (χ3n) is 10.9. The van der Waals surface area contributed by atoms with Gasteiger partial charge in [0.1, 0.15) is 0 Å². The number of aromatic nitrogens is 5. The highest BCUT2D eigenvalue weighted by Gasteiger charge is 2.45. The Bertz CT molecular complexity index is 2730. The molecule has 2 aliphatic carbocycles. The summed E-state index contributed by atoms with van der Waals surface area (Å²) in [6.45, 7) is 0. The van der Waals surface area contributed by atoms with E-state index in [4.69, 9.17) is 9.97 Å². The number of fused-ring (bicyclic) bond motifs is 9. The quantitative estimate of drug-likeness (QED) is 0.189. The molecule has 3 unspecified atom stereocenters. The number of anilines is 2. The maximum Gasteiger partial charge on any atom is 0.234 e. The lowest BCUT2D eigenvalue weighted by Crippen LogP contribution is -2.31. The molecule has 3 atom stereocenters. The largest absolute Gasteiger partial charge is 0.302 e. The van der Waals surface area contributed by atoms with Gasteiger partial charge in [0, 0.05) is 53.1 Å². The van der Waals surface area contributed by atoms with E-state index in [9.17, 15) is 0 Å². The van der Waals surface area contributed by atoms with Crippen LogP contribution in [0, 0.1) is 0 Å². The molecule has 6 nitrogen and oxygen atoms in total. The van der Waals surface area contributed by atoms with Crippen LogP contribution in [0.5, 0.6) is 0 Å². The van der Waals surface area contributed by atoms with Gasteiger partial charge in [0.2, 0.25) is 11.9 Å². The summed E-state index contributed by atoms with van der Waals surface area (Å²) >= 11 is 0. The molecule has 240 valence electrons. The van der Waals surface area contributed by atoms with Crippen LogP contribution in [-0.2, 0) is 0 Å². The van der Waals surface area contributed by atoms with Crippen molar-refractivity contribution in [3.63, 3.8) is 0 Å². The highest BCUT2D eigenvalue weighted by molar-refractivity contribution is 6.10. The van der Waals surface area contributed by atoms with Gasteiger partial charge >= 0.3 is 0 Å². The van der Waals surface area contributed by atoms with Crippen LogP contribution in [0.1, 0.15) is 34.1 Å². The second-order valence-corrected chi connectivity index (χ2v) is 13.4. The van der Waals surface area contributed by atoms with Crippen molar-refractivity contribution in [2.75, 3.05) is 4.90 Å². The summed E-state index contributed by atoms with van der Waals surface area (Å²) in [5, 5.41) is 2.36. The van der Waals surface area contributed by atoms with Crippen molar-refractivity contribution in [2.24, 2.45) is 0 Å². The van der Waals surface area contributed by atoms with Gasteiger partial charge in [-0.05, 0) is 80.9 Å². The second kappa shape index (κ2) is 10.9. The lowest BCUT2D eigenvalue weighted by molar-refractivity contribution is 0.722. The van der Waals surface area contributed by atoms with Crippen LogP contribution in [0.2, 0.25) is 0 Å². The Morgan fingerprint density at radius 1 is 0.490 bits per heavy atom. The summed E-state index contributed by atoms with van der Waals surface area (Å²) in [7, 11) is 0. The first-order valence-electron chi connectivity index (χ1n) is 17.4. The van der Waals surface area contributed by atoms with E-state index in [1.807, 2.05) is 24.5 Å². The first kappa shape index (κ1) is 28.2. The van der Waals surface area contributed by atoms with Crippen LogP contribution >= 0.6 is 0 Å². The molecule has 6 heteroatoms. The Morgan fingerprint density at radius 3 is 1.92 bits per heavy atom. The maximum atomic E-state index is 4.73. The molecule has 0 radical (unpaired) electrons. The summed E-state index contributed by atoms with van der Waals surface area (Å²) in [5.41, 5.74) is 13.7. The van der Waals surface area contributed by atoms with Crippen molar-refractivity contribution < 1.29 is 0 Å². The van der Waals surface area contributed by atoms with Gasteiger partial charge in [-0.3, -0.25) is 4.57 Å². The normalized spacial score (nSPS) is 18.6. The number of nitrogens with zero attached hydrogens (tertiary/aromatic N) is 6. The molecule has 3 aromatic heterocycles. The fourth-order valence-electron chi connectivity index (χ4n) is 8.83. The third-order valence-corrected chi connectivity index (χ3v) is 10.9. The zero-order valence-corrected chi connectivity index (χ0v) is 27.5. The first-order valence-corrected chi connectivity index (χ1v) is 17.4. The summed E-state index contributed by atoms with van der Waals surface area (Å²) < 4.78 is 2.16. The predicted molar refractivity (Wildman–Crippen MR) is 203 cm³/mol. The Labute approximate surface area is 294 Å². The van der Waals surface area contributed by atoms with E-state index in [1.54, 1.807) is 12.4 Å². The number of benzene rings is 5. The molecule has 51 heavy (non-hydrogen) atoms. The smallest absolute Gasteiger partial charge is 0.234 e. The van der Waals surface area contributed by atoms with Crippen LogP contribution in [0.25, 0.3) is 44.5 Å². The molecule has 0 saturated carbocycles. The van der Waals surface area contributed by atoms with E-state index in [0.29, 0.717) is 5.95 Å². The van der Waals surface area contributed by atoms with E-state index in [-0.39, 0.29) is 17.9 Å². The minimum atomic E-state index is 0.0650. The molecular formula is C45H30N6. The van der Waals surface area contributed by atoms with Crippen molar-refractivity contribution >= 4 is 39.0 Å². The third kappa shape index (κ3) is 4.10. The van der Waals surface area contributed by atoms with E-state index >= 15 is 0 Å². The molecule has 0 bridgehead atoms. The monoisotopic (exact) mass is 654 g/mol. The van der Waals surface area contributed by atoms with E-state index in [1.165, 1.54) is 61.0 Å². The molecule has 4 heterocycles. The Morgan fingerprint density at radius 2 is 1.12 bits per heavy atom. The van der Waals surface area contributed by atoms with Gasteiger partial charge in [-0.25, -0.2) is 19.9 Å². The van der Waals surface area contributed by atoms with Gasteiger partial charge < -0.3 is 4.90 Å². The molecule has 0 spiro atoms. The van der Waals surface area contributed by atoms with Crippen LogP contribution in [-0.4, -0.2) is 30.5 Å². The van der Waals surface area contributed by atoms with Crippen LogP contribution in [0.3, 0.4) is 0 Å². The second-order valence-electron chi connectivity index (χ2n) is 13.4. The van der Waals surface area contributed by atoms with Crippen LogP contribution in [0.15, 0.2) is 170 Å². The molecule has 0 amide bonds. The predicted octanol–water partition coefficient (Wildman–Crippen LogP) is 9.80. The van der Waals surface area contributed by atoms with Crippen molar-refractivity contribution in [1.82, 2.24) is 24.5 Å². The number of para-hydroxylation sites is 2. The highest BCUT2D eigenvalue weighted by Crippen LogP contribution is 2.57. The van der Waals surface area contributed by atoms with Crippen molar-refractivity contribution in [1.29, 1.82) is 0 Å². The summed E-state index contributed by atoms with van der Waals surface area (Å²) in [4.78, 5) is 21.0. The molecule has 1 aliphatic heterocycles. The van der Waals surface area contributed by atoms with Gasteiger partial charge in [-0.15, -0.1) is 0 Å². The molecule has 0 saturated heterocycles. The SMILES string of the molecule is C1=C2C(=CC3C1c1ccccc1N3c1ncccn1)C(c1ccccc1-c1ccc3c(c1)c1ccccc1n3-c1ncccn1)c1ccccc12. The molecular weight excluding hydrogens is 625 g/mol. The lowest BCUT2D eigenvalue weighted by Gasteiger charge is -2.30. The Balaban J connectivity index is 1.10. The number of hydrogen-bond donors (Lipinski definition) is 0. The van der Waals surface area contributed by atoms with E-state index in [2.05, 4.69) is 147 Å². The standard InChI is InChI=1S/C45H30N6/c1-3-15-33(29(11-1)28-19-20-41-36(25-28)31-13-5-7-17-39(31)50(41)44-46-21-9-22-47-44)43-34-16-4-2-12-30(34)35-26-37-32-14-6-8-18-40(32)51(42(37)27-38(35)43)45-48-23-10-24-49-45/h1-27,37,42-43H. The minimum absolute atomic E-state index is 0.0650. The molecule has 11 rings (SSSR count). The number of allylic oxidation sites excluding steroid dienone is 2. The molecule has 3 aliphatic rings. The number of hydrogen-bond acceptors (Lipinski definition) is 5. The summed E-state index contributed by atoms with van der Waals surface area (Å²) in [5.74, 6) is 1.66. The average Bonchev–Trinajstić information content (AvgIpc) is 3.82.